The molecule has 20 heavy (non-hydrogen) atoms. The molecule has 2 rings (SSSR count). The van der Waals surface area contributed by atoms with Crippen LogP contribution < -0.4 is 11.1 Å². The zero-order chi connectivity index (χ0) is 14.7. The topological polar surface area (TPSA) is 99.1 Å². The molecule has 0 aliphatic rings. The van der Waals surface area contributed by atoms with E-state index in [0.29, 0.717) is 22.0 Å². The summed E-state index contributed by atoms with van der Waals surface area (Å²) in [6.07, 6.45) is 0. The van der Waals surface area contributed by atoms with Gasteiger partial charge in [0, 0.05) is 11.4 Å². The van der Waals surface area contributed by atoms with E-state index in [4.69, 9.17) is 27.7 Å². The Hall–Kier alpha value is -2.71. The molecule has 0 aliphatic carbocycles. The number of nitrogens with two attached hydrogens (primary N) is 1. The van der Waals surface area contributed by atoms with Gasteiger partial charge in [0.1, 0.15) is 0 Å². The Morgan fingerprint density at radius 1 is 1.30 bits per heavy atom. The number of nitrogens with one attached hydrogen (secondary N) is 1. The van der Waals surface area contributed by atoms with Crippen molar-refractivity contribution in [2.75, 3.05) is 11.1 Å². The molecule has 2 aromatic rings. The van der Waals surface area contributed by atoms with E-state index in [1.54, 1.807) is 18.2 Å². The number of nitriles is 1. The normalized spacial score (nSPS) is 9.80. The lowest BCUT2D eigenvalue weighted by Gasteiger charge is -2.10. The second-order valence-corrected chi connectivity index (χ2v) is 4.45. The van der Waals surface area contributed by atoms with Crippen molar-refractivity contribution >= 4 is 34.6 Å². The third-order valence-electron chi connectivity index (χ3n) is 2.66. The van der Waals surface area contributed by atoms with Gasteiger partial charge in [-0.25, -0.2) is 4.79 Å². The van der Waals surface area contributed by atoms with E-state index in [-0.39, 0.29) is 11.3 Å². The monoisotopic (exact) mass is 287 g/mol. The predicted molar refractivity (Wildman–Crippen MR) is 77.3 cm³/mol. The number of nitrogen functional groups attached to an aromatic ring is 1. The minimum absolute atomic E-state index is 0.0137. The summed E-state index contributed by atoms with van der Waals surface area (Å²) in [5, 5.41) is 21.1. The maximum Gasteiger partial charge on any atom is 0.337 e. The molecule has 4 N–H and O–H groups in total. The van der Waals surface area contributed by atoms with Crippen molar-refractivity contribution in [2.45, 2.75) is 0 Å². The number of aromatic carboxylic acids is 1. The fourth-order valence-electron chi connectivity index (χ4n) is 1.66. The van der Waals surface area contributed by atoms with Crippen LogP contribution in [0.2, 0.25) is 5.02 Å². The molecule has 0 heterocycles. The van der Waals surface area contributed by atoms with Crippen LogP contribution in [-0.4, -0.2) is 11.1 Å². The Labute approximate surface area is 120 Å². The van der Waals surface area contributed by atoms with Crippen LogP contribution in [0, 0.1) is 11.3 Å². The van der Waals surface area contributed by atoms with Gasteiger partial charge in [0.25, 0.3) is 0 Å². The molecule has 0 atom stereocenters. The Balaban J connectivity index is 2.33. The number of hydrogen-bond donors (Lipinski definition) is 3. The molecule has 0 radical (unpaired) electrons. The second-order valence-electron chi connectivity index (χ2n) is 4.04. The third-order valence-corrected chi connectivity index (χ3v) is 2.97. The largest absolute Gasteiger partial charge is 0.478 e. The first-order valence-electron chi connectivity index (χ1n) is 5.61. The van der Waals surface area contributed by atoms with Crippen molar-refractivity contribution in [3.8, 4) is 6.07 Å². The summed E-state index contributed by atoms with van der Waals surface area (Å²) in [7, 11) is 0. The molecular formula is C14H10ClN3O2. The highest BCUT2D eigenvalue weighted by Gasteiger charge is 2.09. The molecule has 0 amide bonds. The smallest absolute Gasteiger partial charge is 0.337 e. The molecule has 0 spiro atoms. The number of halogens is 1. The molecule has 100 valence electrons. The van der Waals surface area contributed by atoms with Crippen molar-refractivity contribution in [2.24, 2.45) is 0 Å². The first-order valence-corrected chi connectivity index (χ1v) is 5.98. The lowest BCUT2D eigenvalue weighted by Crippen LogP contribution is -2.03. The van der Waals surface area contributed by atoms with E-state index in [9.17, 15) is 4.79 Å². The Bertz CT molecular complexity index is 723. The van der Waals surface area contributed by atoms with E-state index in [0.717, 1.165) is 0 Å². The summed E-state index contributed by atoms with van der Waals surface area (Å²) < 4.78 is 0. The molecule has 0 fully saturated rings. The first kappa shape index (κ1) is 13.7. The number of rotatable bonds is 3. The summed E-state index contributed by atoms with van der Waals surface area (Å²) in [6.45, 7) is 0. The molecule has 2 aromatic carbocycles. The summed E-state index contributed by atoms with van der Waals surface area (Å²) in [4.78, 5) is 11.0. The maximum atomic E-state index is 11.0. The number of anilines is 3. The predicted octanol–water partition coefficient (Wildman–Crippen LogP) is 3.24. The maximum absolute atomic E-state index is 11.0. The van der Waals surface area contributed by atoms with E-state index in [1.807, 2.05) is 6.07 Å². The van der Waals surface area contributed by atoms with Crippen LogP contribution in [0.3, 0.4) is 0 Å². The van der Waals surface area contributed by atoms with Crippen molar-refractivity contribution in [1.29, 1.82) is 5.26 Å². The number of benzene rings is 2. The molecule has 0 aliphatic heterocycles. The Kier molecular flexibility index (Phi) is 3.78. The van der Waals surface area contributed by atoms with Gasteiger partial charge in [0.05, 0.1) is 27.9 Å². The van der Waals surface area contributed by atoms with E-state index in [2.05, 4.69) is 5.32 Å². The molecule has 0 saturated carbocycles. The number of hydrogen-bond acceptors (Lipinski definition) is 4. The molecule has 5 nitrogen and oxygen atoms in total. The standard InChI is InChI=1S/C14H10ClN3O2/c15-11-5-8(7-16)1-4-13(11)18-9-2-3-12(17)10(6-9)14(19)20/h1-6,18H,17H2,(H,19,20). The van der Waals surface area contributed by atoms with Crippen LogP contribution >= 0.6 is 11.6 Å². The van der Waals surface area contributed by atoms with Gasteiger partial charge in [-0.2, -0.15) is 5.26 Å². The van der Waals surface area contributed by atoms with Crippen LogP contribution in [0.1, 0.15) is 15.9 Å². The highest BCUT2D eigenvalue weighted by molar-refractivity contribution is 6.33. The molecule has 0 aromatic heterocycles. The van der Waals surface area contributed by atoms with Crippen molar-refractivity contribution in [3.05, 3.63) is 52.5 Å². The Morgan fingerprint density at radius 3 is 2.65 bits per heavy atom. The minimum atomic E-state index is -1.10. The number of carboxylic acids is 1. The molecule has 0 saturated heterocycles. The summed E-state index contributed by atoms with van der Waals surface area (Å²) in [6, 6.07) is 11.4. The minimum Gasteiger partial charge on any atom is -0.478 e. The summed E-state index contributed by atoms with van der Waals surface area (Å²) in [5.74, 6) is -1.10. The van der Waals surface area contributed by atoms with E-state index >= 15 is 0 Å². The summed E-state index contributed by atoms with van der Waals surface area (Å²) in [5.41, 5.74) is 7.35. The number of carboxylic acid groups (broad SMARTS) is 1. The van der Waals surface area contributed by atoms with Gasteiger partial charge in [-0.3, -0.25) is 0 Å². The first-order chi connectivity index (χ1) is 9.51. The lowest BCUT2D eigenvalue weighted by molar-refractivity contribution is 0.0698. The van der Waals surface area contributed by atoms with Gasteiger partial charge in [0.2, 0.25) is 0 Å². The van der Waals surface area contributed by atoms with E-state index < -0.39 is 5.97 Å². The Morgan fingerprint density at radius 2 is 2.05 bits per heavy atom. The third kappa shape index (κ3) is 2.82. The summed E-state index contributed by atoms with van der Waals surface area (Å²) >= 11 is 6.04. The van der Waals surface area contributed by atoms with Crippen LogP contribution in [0.5, 0.6) is 0 Å². The van der Waals surface area contributed by atoms with Crippen molar-refractivity contribution < 1.29 is 9.90 Å². The molecule has 6 heteroatoms. The average molecular weight is 288 g/mol. The molecular weight excluding hydrogens is 278 g/mol. The number of carbonyl (C=O) groups is 1. The van der Waals surface area contributed by atoms with Crippen LogP contribution in [0.25, 0.3) is 0 Å². The zero-order valence-corrected chi connectivity index (χ0v) is 11.0. The van der Waals surface area contributed by atoms with Gasteiger partial charge in [-0.1, -0.05) is 11.6 Å². The van der Waals surface area contributed by atoms with E-state index in [1.165, 1.54) is 18.2 Å². The fourth-order valence-corrected chi connectivity index (χ4v) is 1.89. The molecule has 0 bridgehead atoms. The van der Waals surface area contributed by atoms with Gasteiger partial charge < -0.3 is 16.2 Å². The second kappa shape index (κ2) is 5.51. The van der Waals surface area contributed by atoms with Crippen LogP contribution in [0.4, 0.5) is 17.1 Å². The number of nitrogens with zero attached hydrogens (tertiary/aromatic N) is 1. The molecule has 0 unspecified atom stereocenters. The lowest BCUT2D eigenvalue weighted by atomic mass is 10.1. The quantitative estimate of drug-likeness (QED) is 0.753. The highest BCUT2D eigenvalue weighted by atomic mass is 35.5. The fraction of sp³-hybridized carbons (Fsp3) is 0. The average Bonchev–Trinajstić information content (AvgIpc) is 2.42. The van der Waals surface area contributed by atoms with Crippen LogP contribution in [0.15, 0.2) is 36.4 Å². The van der Waals surface area contributed by atoms with Crippen molar-refractivity contribution in [1.82, 2.24) is 0 Å². The zero-order valence-electron chi connectivity index (χ0n) is 10.2. The SMILES string of the molecule is N#Cc1ccc(Nc2ccc(N)c(C(=O)O)c2)c(Cl)c1. The van der Waals surface area contributed by atoms with Crippen molar-refractivity contribution in [3.63, 3.8) is 0 Å². The van der Waals surface area contributed by atoms with Gasteiger partial charge in [0.15, 0.2) is 0 Å². The van der Waals surface area contributed by atoms with Crippen LogP contribution in [-0.2, 0) is 0 Å². The van der Waals surface area contributed by atoms with Gasteiger partial charge in [-0.15, -0.1) is 0 Å². The highest BCUT2D eigenvalue weighted by Crippen LogP contribution is 2.27. The van der Waals surface area contributed by atoms with Gasteiger partial charge in [-0.05, 0) is 36.4 Å². The van der Waals surface area contributed by atoms with Gasteiger partial charge >= 0.3 is 5.97 Å².